The zero-order chi connectivity index (χ0) is 12.0. The smallest absolute Gasteiger partial charge is 0.315 e. The second kappa shape index (κ2) is 5.77. The lowest BCUT2D eigenvalue weighted by atomic mass is 10.7. The highest BCUT2D eigenvalue weighted by molar-refractivity contribution is 7.89. The Balaban J connectivity index is 2.35. The molecule has 0 saturated heterocycles. The van der Waals surface area contributed by atoms with E-state index in [0.29, 0.717) is 12.4 Å². The van der Waals surface area contributed by atoms with Crippen molar-refractivity contribution in [3.8, 4) is 0 Å². The molecule has 9 heteroatoms. The molecule has 0 aliphatic carbocycles. The van der Waals surface area contributed by atoms with Crippen LogP contribution >= 0.6 is 0 Å². The minimum Gasteiger partial charge on any atom is -0.407 e. The third kappa shape index (κ3) is 4.13. The van der Waals surface area contributed by atoms with Crippen molar-refractivity contribution in [1.82, 2.24) is 14.9 Å². The molecule has 1 heterocycles. The Hall–Kier alpha value is -1.19. The topological polar surface area (TPSA) is 123 Å². The maximum atomic E-state index is 11.2. The quantitative estimate of drug-likeness (QED) is 0.559. The predicted octanol–water partition coefficient (Wildman–Crippen LogP) is -1.12. The van der Waals surface area contributed by atoms with Crippen LogP contribution < -0.4 is 15.8 Å². The van der Waals surface area contributed by atoms with Crippen molar-refractivity contribution in [3.63, 3.8) is 0 Å². The standard InChI is InChI=1S/C7H15N5O3S/c1-2-10-16(13,14)4-3-9-7-12-11-6(5-8)15-7/h10H,2-5,8H2,1H3,(H,9,12). The first-order valence-corrected chi connectivity index (χ1v) is 6.46. The number of nitrogens with two attached hydrogens (primary N) is 1. The molecule has 0 atom stereocenters. The van der Waals surface area contributed by atoms with Gasteiger partial charge in [0.2, 0.25) is 15.9 Å². The van der Waals surface area contributed by atoms with Gasteiger partial charge in [-0.2, -0.15) is 0 Å². The van der Waals surface area contributed by atoms with E-state index in [-0.39, 0.29) is 24.9 Å². The van der Waals surface area contributed by atoms with E-state index < -0.39 is 10.0 Å². The SMILES string of the molecule is CCNS(=O)(=O)CCNc1nnc(CN)o1. The van der Waals surface area contributed by atoms with Crippen molar-refractivity contribution in [1.29, 1.82) is 0 Å². The third-order valence-electron chi connectivity index (χ3n) is 1.65. The molecule has 0 aliphatic heterocycles. The van der Waals surface area contributed by atoms with Crippen LogP contribution in [0.5, 0.6) is 0 Å². The number of rotatable bonds is 7. The molecule has 0 amide bonds. The Morgan fingerprint density at radius 1 is 1.44 bits per heavy atom. The highest BCUT2D eigenvalue weighted by atomic mass is 32.2. The molecule has 92 valence electrons. The van der Waals surface area contributed by atoms with Gasteiger partial charge < -0.3 is 15.5 Å². The van der Waals surface area contributed by atoms with Crippen LogP contribution in [0, 0.1) is 0 Å². The van der Waals surface area contributed by atoms with Crippen LogP contribution in [0.25, 0.3) is 0 Å². The normalized spacial score (nSPS) is 11.6. The van der Waals surface area contributed by atoms with E-state index in [1.54, 1.807) is 6.92 Å². The van der Waals surface area contributed by atoms with Gasteiger partial charge in [0.15, 0.2) is 0 Å². The lowest BCUT2D eigenvalue weighted by Crippen LogP contribution is -2.29. The molecule has 0 fully saturated rings. The van der Waals surface area contributed by atoms with E-state index >= 15 is 0 Å². The maximum Gasteiger partial charge on any atom is 0.315 e. The summed E-state index contributed by atoms with van der Waals surface area (Å²) in [7, 11) is -3.23. The van der Waals surface area contributed by atoms with E-state index in [9.17, 15) is 8.42 Å². The van der Waals surface area contributed by atoms with Gasteiger partial charge in [0.1, 0.15) is 0 Å². The fourth-order valence-corrected chi connectivity index (χ4v) is 1.95. The summed E-state index contributed by atoms with van der Waals surface area (Å²) in [6.45, 7) is 2.45. The number of nitrogens with one attached hydrogen (secondary N) is 2. The third-order valence-corrected chi connectivity index (χ3v) is 3.12. The van der Waals surface area contributed by atoms with Gasteiger partial charge in [0, 0.05) is 13.1 Å². The van der Waals surface area contributed by atoms with Crippen LogP contribution in [0.4, 0.5) is 6.01 Å². The van der Waals surface area contributed by atoms with E-state index in [4.69, 9.17) is 10.2 Å². The fraction of sp³-hybridized carbons (Fsp3) is 0.714. The Morgan fingerprint density at radius 3 is 2.75 bits per heavy atom. The van der Waals surface area contributed by atoms with Crippen LogP contribution in [0.1, 0.15) is 12.8 Å². The van der Waals surface area contributed by atoms with Gasteiger partial charge in [-0.3, -0.25) is 0 Å². The highest BCUT2D eigenvalue weighted by Crippen LogP contribution is 2.03. The summed E-state index contributed by atoms with van der Waals surface area (Å²) >= 11 is 0. The number of hydrogen-bond acceptors (Lipinski definition) is 7. The summed E-state index contributed by atoms with van der Waals surface area (Å²) in [5, 5.41) is 9.95. The summed E-state index contributed by atoms with van der Waals surface area (Å²) in [5.74, 6) is 0.248. The van der Waals surface area contributed by atoms with Crippen LogP contribution in [-0.4, -0.2) is 37.5 Å². The van der Waals surface area contributed by atoms with Gasteiger partial charge in [0.25, 0.3) is 0 Å². The van der Waals surface area contributed by atoms with Gasteiger partial charge in [0.05, 0.1) is 12.3 Å². The van der Waals surface area contributed by atoms with Crippen molar-refractivity contribution in [2.45, 2.75) is 13.5 Å². The molecule has 0 saturated carbocycles. The fourth-order valence-electron chi connectivity index (χ4n) is 0.992. The molecular weight excluding hydrogens is 234 g/mol. The summed E-state index contributed by atoms with van der Waals surface area (Å²) in [6, 6.07) is 0.173. The molecule has 8 nitrogen and oxygen atoms in total. The van der Waals surface area contributed by atoms with Crippen molar-refractivity contribution >= 4 is 16.0 Å². The zero-order valence-corrected chi connectivity index (χ0v) is 9.75. The molecule has 4 N–H and O–H groups in total. The zero-order valence-electron chi connectivity index (χ0n) is 8.93. The summed E-state index contributed by atoms with van der Waals surface area (Å²) in [5.41, 5.74) is 5.27. The van der Waals surface area contributed by atoms with Crippen molar-refractivity contribution < 1.29 is 12.8 Å². The van der Waals surface area contributed by atoms with Crippen molar-refractivity contribution in [2.24, 2.45) is 5.73 Å². The minimum atomic E-state index is -3.23. The highest BCUT2D eigenvalue weighted by Gasteiger charge is 2.09. The van der Waals surface area contributed by atoms with E-state index in [0.717, 1.165) is 0 Å². The summed E-state index contributed by atoms with van der Waals surface area (Å²) in [4.78, 5) is 0. The van der Waals surface area contributed by atoms with Gasteiger partial charge in [-0.15, -0.1) is 5.10 Å². The summed E-state index contributed by atoms with van der Waals surface area (Å²) in [6.07, 6.45) is 0. The van der Waals surface area contributed by atoms with Crippen LogP contribution in [0.2, 0.25) is 0 Å². The van der Waals surface area contributed by atoms with E-state index in [1.807, 2.05) is 0 Å². The van der Waals surface area contributed by atoms with Crippen LogP contribution in [-0.2, 0) is 16.6 Å². The first-order chi connectivity index (χ1) is 7.57. The number of aromatic nitrogens is 2. The molecule has 0 spiro atoms. The lowest BCUT2D eigenvalue weighted by Gasteiger charge is -2.03. The Bertz CT molecular complexity index is 415. The Labute approximate surface area is 93.7 Å². The molecule has 0 bridgehead atoms. The maximum absolute atomic E-state index is 11.2. The Kier molecular flexibility index (Phi) is 4.65. The molecule has 1 aromatic rings. The van der Waals surface area contributed by atoms with Crippen molar-refractivity contribution in [3.05, 3.63) is 5.89 Å². The molecular formula is C7H15N5O3S. The molecule has 1 aromatic heterocycles. The summed E-state index contributed by atoms with van der Waals surface area (Å²) < 4.78 is 29.9. The number of anilines is 1. The Morgan fingerprint density at radius 2 is 2.19 bits per heavy atom. The average Bonchev–Trinajstić information content (AvgIpc) is 2.65. The molecule has 0 aliphatic rings. The second-order valence-corrected chi connectivity index (χ2v) is 4.88. The second-order valence-electron chi connectivity index (χ2n) is 2.95. The lowest BCUT2D eigenvalue weighted by molar-refractivity contribution is 0.508. The number of hydrogen-bond donors (Lipinski definition) is 3. The average molecular weight is 249 g/mol. The van der Waals surface area contributed by atoms with Crippen LogP contribution in [0.15, 0.2) is 4.42 Å². The molecule has 0 unspecified atom stereocenters. The first-order valence-electron chi connectivity index (χ1n) is 4.81. The molecule has 1 rings (SSSR count). The molecule has 0 aromatic carbocycles. The van der Waals surface area contributed by atoms with E-state index in [2.05, 4.69) is 20.2 Å². The van der Waals surface area contributed by atoms with Gasteiger partial charge >= 0.3 is 6.01 Å². The largest absolute Gasteiger partial charge is 0.407 e. The molecule has 0 radical (unpaired) electrons. The number of nitrogens with zero attached hydrogens (tertiary/aromatic N) is 2. The van der Waals surface area contributed by atoms with Gasteiger partial charge in [-0.25, -0.2) is 13.1 Å². The van der Waals surface area contributed by atoms with E-state index in [1.165, 1.54) is 0 Å². The minimum absolute atomic E-state index is 0.0544. The number of sulfonamides is 1. The van der Waals surface area contributed by atoms with Gasteiger partial charge in [-0.1, -0.05) is 12.0 Å². The van der Waals surface area contributed by atoms with Gasteiger partial charge in [-0.05, 0) is 0 Å². The monoisotopic (exact) mass is 249 g/mol. The molecule has 16 heavy (non-hydrogen) atoms. The predicted molar refractivity (Wildman–Crippen MR) is 58.1 cm³/mol. The van der Waals surface area contributed by atoms with Crippen LogP contribution in [0.3, 0.4) is 0 Å². The van der Waals surface area contributed by atoms with Crippen molar-refractivity contribution in [2.75, 3.05) is 24.2 Å². The first kappa shape index (κ1) is 12.9.